The van der Waals surface area contributed by atoms with Gasteiger partial charge in [-0.3, -0.25) is 4.79 Å². The second-order valence-corrected chi connectivity index (χ2v) is 8.16. The van der Waals surface area contributed by atoms with Gasteiger partial charge in [-0.2, -0.15) is 0 Å². The number of carboxylic acids is 1. The van der Waals surface area contributed by atoms with E-state index >= 15 is 0 Å². The normalized spacial score (nSPS) is 17.1. The summed E-state index contributed by atoms with van der Waals surface area (Å²) in [5, 5.41) is 9.07. The Hall–Kier alpha value is -3.41. The number of hydrogen-bond donors (Lipinski definition) is 1. The molecule has 0 bridgehead atoms. The second-order valence-electron chi connectivity index (χ2n) is 8.16. The minimum Gasteiger partial charge on any atom is -0.491 e. The highest BCUT2D eigenvalue weighted by atomic mass is 19.1. The van der Waals surface area contributed by atoms with Crippen LogP contribution in [0, 0.1) is 30.4 Å². The van der Waals surface area contributed by atoms with Crippen molar-refractivity contribution in [1.82, 2.24) is 0 Å². The molecule has 0 aromatic heterocycles. The summed E-state index contributed by atoms with van der Waals surface area (Å²) >= 11 is 0. The minimum absolute atomic E-state index is 0.188. The highest BCUT2D eigenvalue weighted by Crippen LogP contribution is 2.41. The van der Waals surface area contributed by atoms with Gasteiger partial charge in [0.1, 0.15) is 12.4 Å². The molecule has 3 aromatic rings. The maximum absolute atomic E-state index is 14.5. The predicted octanol–water partition coefficient (Wildman–Crippen LogP) is 5.79. The van der Waals surface area contributed by atoms with Crippen molar-refractivity contribution >= 4 is 5.97 Å². The first kappa shape index (κ1) is 21.8. The maximum atomic E-state index is 14.5. The number of carbonyl (C=O) groups is 1. The van der Waals surface area contributed by atoms with Gasteiger partial charge in [0, 0.05) is 0 Å². The van der Waals surface area contributed by atoms with Crippen LogP contribution in [0.4, 0.5) is 8.78 Å². The molecule has 0 aliphatic heterocycles. The van der Waals surface area contributed by atoms with E-state index in [1.54, 1.807) is 13.0 Å². The van der Waals surface area contributed by atoms with Crippen LogP contribution >= 0.6 is 0 Å². The van der Waals surface area contributed by atoms with Crippen LogP contribution < -0.4 is 9.47 Å². The summed E-state index contributed by atoms with van der Waals surface area (Å²) in [6.45, 7) is 1.88. The van der Waals surface area contributed by atoms with E-state index in [-0.39, 0.29) is 17.6 Å². The number of benzene rings is 3. The lowest BCUT2D eigenvalue weighted by molar-refractivity contribution is -0.138. The van der Waals surface area contributed by atoms with Crippen molar-refractivity contribution in [2.45, 2.75) is 26.4 Å². The average Bonchev–Trinajstić information content (AvgIpc) is 3.55. The van der Waals surface area contributed by atoms with E-state index in [1.807, 2.05) is 42.5 Å². The second kappa shape index (κ2) is 8.99. The molecule has 32 heavy (non-hydrogen) atoms. The first-order valence-electron chi connectivity index (χ1n) is 10.4. The van der Waals surface area contributed by atoms with Crippen LogP contribution in [0.1, 0.15) is 23.1 Å². The molecule has 166 valence electrons. The fourth-order valence-electron chi connectivity index (χ4n) is 4.02. The van der Waals surface area contributed by atoms with E-state index < -0.39 is 17.6 Å². The van der Waals surface area contributed by atoms with E-state index in [4.69, 9.17) is 14.6 Å². The quantitative estimate of drug-likeness (QED) is 0.484. The molecule has 1 unspecified atom stereocenters. The number of halogens is 2. The third kappa shape index (κ3) is 4.59. The van der Waals surface area contributed by atoms with Crippen molar-refractivity contribution in [3.8, 4) is 22.6 Å². The first-order valence-corrected chi connectivity index (χ1v) is 10.4. The van der Waals surface area contributed by atoms with Crippen molar-refractivity contribution in [2.75, 3.05) is 7.11 Å². The Morgan fingerprint density at radius 3 is 2.56 bits per heavy atom. The van der Waals surface area contributed by atoms with Crippen LogP contribution in [0.15, 0.2) is 54.6 Å². The van der Waals surface area contributed by atoms with Gasteiger partial charge < -0.3 is 14.6 Å². The summed E-state index contributed by atoms with van der Waals surface area (Å²) in [5.74, 6) is -1.92. The number of methoxy groups -OCH3 is 1. The topological polar surface area (TPSA) is 55.8 Å². The number of aliphatic carboxylic acids is 1. The Balaban J connectivity index is 1.47. The molecule has 3 aromatic carbocycles. The molecule has 0 saturated heterocycles. The number of rotatable bonds is 8. The van der Waals surface area contributed by atoms with Gasteiger partial charge in [0.2, 0.25) is 0 Å². The Bertz CT molecular complexity index is 1160. The number of ether oxygens (including phenoxy) is 2. The van der Waals surface area contributed by atoms with Gasteiger partial charge in [0.25, 0.3) is 0 Å². The van der Waals surface area contributed by atoms with Crippen LogP contribution in [0.5, 0.6) is 11.5 Å². The van der Waals surface area contributed by atoms with E-state index in [9.17, 15) is 13.6 Å². The van der Waals surface area contributed by atoms with Gasteiger partial charge in [-0.25, -0.2) is 8.78 Å². The van der Waals surface area contributed by atoms with Gasteiger partial charge in [0.15, 0.2) is 17.4 Å². The molecule has 0 spiro atoms. The third-order valence-corrected chi connectivity index (χ3v) is 5.90. The minimum atomic E-state index is -0.745. The van der Waals surface area contributed by atoms with Crippen LogP contribution in [-0.2, 0) is 17.8 Å². The van der Waals surface area contributed by atoms with E-state index in [0.717, 1.165) is 24.0 Å². The van der Waals surface area contributed by atoms with Crippen LogP contribution in [-0.4, -0.2) is 18.2 Å². The van der Waals surface area contributed by atoms with E-state index in [2.05, 4.69) is 0 Å². The zero-order chi connectivity index (χ0) is 22.8. The summed E-state index contributed by atoms with van der Waals surface area (Å²) in [5.41, 5.74) is 3.36. The molecule has 4 nitrogen and oxygen atoms in total. The van der Waals surface area contributed by atoms with Gasteiger partial charge in [-0.1, -0.05) is 30.3 Å². The van der Waals surface area contributed by atoms with Crippen LogP contribution in [0.3, 0.4) is 0 Å². The van der Waals surface area contributed by atoms with E-state index in [1.165, 1.54) is 13.2 Å². The molecule has 1 aliphatic rings. The molecular weight excluding hydrogens is 414 g/mol. The van der Waals surface area contributed by atoms with Crippen molar-refractivity contribution < 1.29 is 28.2 Å². The molecule has 6 heteroatoms. The fraction of sp³-hybridized carbons (Fsp3) is 0.269. The molecule has 4 rings (SSSR count). The Labute approximate surface area is 185 Å². The molecular formula is C26H24F2O4. The zero-order valence-corrected chi connectivity index (χ0v) is 17.9. The number of hydrogen-bond acceptors (Lipinski definition) is 3. The number of carboxylic acid groups (broad SMARTS) is 1. The van der Waals surface area contributed by atoms with Gasteiger partial charge in [0.05, 0.1) is 13.0 Å². The SMILES string of the molecule is COc1c(F)cc(-c2cccc(COc3cccc(C[C@@H]4CC4C(=O)O)c3)c2)c(C)c1F. The van der Waals surface area contributed by atoms with Crippen LogP contribution in [0.2, 0.25) is 0 Å². The molecule has 1 fully saturated rings. The molecule has 0 radical (unpaired) electrons. The molecule has 1 aliphatic carbocycles. The average molecular weight is 438 g/mol. The zero-order valence-electron chi connectivity index (χ0n) is 17.9. The van der Waals surface area contributed by atoms with Gasteiger partial charge >= 0.3 is 5.97 Å². The lowest BCUT2D eigenvalue weighted by Crippen LogP contribution is -2.01. The smallest absolute Gasteiger partial charge is 0.306 e. The third-order valence-electron chi connectivity index (χ3n) is 5.90. The molecule has 1 N–H and O–H groups in total. The maximum Gasteiger partial charge on any atom is 0.306 e. The Morgan fingerprint density at radius 2 is 1.84 bits per heavy atom. The summed E-state index contributed by atoms with van der Waals surface area (Å²) in [6, 6.07) is 16.3. The monoisotopic (exact) mass is 438 g/mol. The highest BCUT2D eigenvalue weighted by molar-refractivity contribution is 5.73. The molecule has 1 saturated carbocycles. The van der Waals surface area contributed by atoms with Crippen molar-refractivity contribution in [3.05, 3.63) is 82.9 Å². The van der Waals surface area contributed by atoms with E-state index in [0.29, 0.717) is 29.0 Å². The summed E-state index contributed by atoms with van der Waals surface area (Å²) in [4.78, 5) is 11.0. The Morgan fingerprint density at radius 1 is 1.09 bits per heavy atom. The summed E-state index contributed by atoms with van der Waals surface area (Å²) in [7, 11) is 1.24. The van der Waals surface area contributed by atoms with Crippen molar-refractivity contribution in [2.24, 2.45) is 11.8 Å². The van der Waals surface area contributed by atoms with Crippen molar-refractivity contribution in [3.63, 3.8) is 0 Å². The molecule has 0 heterocycles. The van der Waals surface area contributed by atoms with Crippen LogP contribution in [0.25, 0.3) is 11.1 Å². The first-order chi connectivity index (χ1) is 15.4. The summed E-state index contributed by atoms with van der Waals surface area (Å²) < 4.78 is 39.4. The predicted molar refractivity (Wildman–Crippen MR) is 117 cm³/mol. The fourth-order valence-corrected chi connectivity index (χ4v) is 4.02. The Kier molecular flexibility index (Phi) is 6.12. The van der Waals surface area contributed by atoms with Gasteiger partial charge in [-0.15, -0.1) is 0 Å². The standard InChI is InChI=1S/C26H24F2O4/c1-15-21(13-23(27)25(31-2)24(15)28)18-7-3-6-17(10-18)14-32-20-8-4-5-16(11-20)9-19-12-22(19)26(29)30/h3-8,10-11,13,19,22H,9,12,14H2,1-2H3,(H,29,30)/t19-,22?/m1/s1. The largest absolute Gasteiger partial charge is 0.491 e. The highest BCUT2D eigenvalue weighted by Gasteiger charge is 2.42. The van der Waals surface area contributed by atoms with Gasteiger partial charge in [-0.05, 0) is 77.8 Å². The molecule has 2 atom stereocenters. The summed E-state index contributed by atoms with van der Waals surface area (Å²) in [6.07, 6.45) is 1.44. The molecule has 0 amide bonds. The lowest BCUT2D eigenvalue weighted by atomic mass is 9.98. The lowest BCUT2D eigenvalue weighted by Gasteiger charge is -2.13. The van der Waals surface area contributed by atoms with Crippen molar-refractivity contribution in [1.29, 1.82) is 0 Å².